The Kier molecular flexibility index (Phi) is 8.43. The van der Waals surface area contributed by atoms with Crippen molar-refractivity contribution in [1.82, 2.24) is 9.97 Å². The Hall–Kier alpha value is -4.02. The smallest absolute Gasteiger partial charge is 0.257 e. The molecule has 0 bridgehead atoms. The van der Waals surface area contributed by atoms with Crippen molar-refractivity contribution in [2.45, 2.75) is 13.3 Å². The second-order valence-corrected chi connectivity index (χ2v) is 8.44. The van der Waals surface area contributed by atoms with E-state index in [1.807, 2.05) is 13.0 Å². The van der Waals surface area contributed by atoms with E-state index in [9.17, 15) is 9.59 Å². The van der Waals surface area contributed by atoms with Crippen LogP contribution in [-0.2, 0) is 4.74 Å². The van der Waals surface area contributed by atoms with Crippen LogP contribution in [0.2, 0.25) is 0 Å². The molecule has 36 heavy (non-hydrogen) atoms. The highest BCUT2D eigenvalue weighted by atomic mass is 16.5. The first kappa shape index (κ1) is 25.1. The van der Waals surface area contributed by atoms with Gasteiger partial charge in [0, 0.05) is 49.0 Å². The number of amides is 2. The Balaban J connectivity index is 1.40. The minimum Gasteiger partial charge on any atom is -0.378 e. The number of carbonyl (C=O) groups is 2. The number of nitrogens with one attached hydrogen (secondary N) is 3. The van der Waals surface area contributed by atoms with Crippen LogP contribution in [-0.4, -0.2) is 61.2 Å². The van der Waals surface area contributed by atoms with Crippen LogP contribution in [0, 0.1) is 6.92 Å². The minimum absolute atomic E-state index is 0.255. The lowest BCUT2D eigenvalue weighted by Crippen LogP contribution is -2.36. The zero-order valence-corrected chi connectivity index (χ0v) is 20.3. The lowest BCUT2D eigenvalue weighted by atomic mass is 10.1. The second kappa shape index (κ2) is 12.1. The van der Waals surface area contributed by atoms with Gasteiger partial charge in [-0.25, -0.2) is 9.97 Å². The molecule has 188 valence electrons. The summed E-state index contributed by atoms with van der Waals surface area (Å²) in [5.41, 5.74) is 8.48. The number of hydrogen-bond acceptors (Lipinski definition) is 8. The monoisotopic (exact) mass is 489 g/mol. The number of carbonyl (C=O) groups excluding carboxylic acids is 2. The summed E-state index contributed by atoms with van der Waals surface area (Å²) in [6.07, 6.45) is 4.00. The van der Waals surface area contributed by atoms with Crippen molar-refractivity contribution >= 4 is 34.8 Å². The molecule has 0 atom stereocenters. The Morgan fingerprint density at radius 2 is 1.81 bits per heavy atom. The average Bonchev–Trinajstić information content (AvgIpc) is 2.91. The summed E-state index contributed by atoms with van der Waals surface area (Å²) >= 11 is 0. The van der Waals surface area contributed by atoms with Crippen LogP contribution in [0.25, 0.3) is 0 Å². The standard InChI is InChI=1S/C26H31N7O3/c1-18-3-5-21(31-25(34)19-7-10-29-24(15-19)33-11-13-36-14-12-33)16-22(18)32-26(35)20-4-6-23(30-17-20)28-9-2-8-27/h3-7,10,15-17H,2,8-9,11-14,27H2,1H3,(H,28,30)(H,31,34)(H,32,35). The molecule has 0 spiro atoms. The Morgan fingerprint density at radius 1 is 1.00 bits per heavy atom. The summed E-state index contributed by atoms with van der Waals surface area (Å²) in [6, 6.07) is 12.3. The average molecular weight is 490 g/mol. The molecule has 1 aromatic carbocycles. The number of aromatic nitrogens is 2. The topological polar surface area (TPSA) is 134 Å². The molecule has 1 fully saturated rings. The van der Waals surface area contributed by atoms with E-state index in [1.165, 1.54) is 6.20 Å². The minimum atomic E-state index is -0.285. The summed E-state index contributed by atoms with van der Waals surface area (Å²) in [7, 11) is 0. The van der Waals surface area contributed by atoms with Gasteiger partial charge in [0.1, 0.15) is 11.6 Å². The van der Waals surface area contributed by atoms with Crippen molar-refractivity contribution in [3.63, 3.8) is 0 Å². The third kappa shape index (κ3) is 6.55. The quantitative estimate of drug-likeness (QED) is 0.337. The number of rotatable bonds is 9. The maximum Gasteiger partial charge on any atom is 0.257 e. The highest BCUT2D eigenvalue weighted by Gasteiger charge is 2.15. The van der Waals surface area contributed by atoms with Crippen LogP contribution in [0.4, 0.5) is 23.0 Å². The summed E-state index contributed by atoms with van der Waals surface area (Å²) in [5.74, 6) is 0.896. The number of anilines is 4. The maximum atomic E-state index is 12.9. The van der Waals surface area contributed by atoms with Crippen molar-refractivity contribution in [2.24, 2.45) is 5.73 Å². The van der Waals surface area contributed by atoms with Crippen LogP contribution in [0.1, 0.15) is 32.7 Å². The summed E-state index contributed by atoms with van der Waals surface area (Å²) in [5, 5.41) is 8.97. The van der Waals surface area contributed by atoms with Crippen molar-refractivity contribution in [1.29, 1.82) is 0 Å². The number of pyridine rings is 2. The SMILES string of the molecule is Cc1ccc(NC(=O)c2ccnc(N3CCOCC3)c2)cc1NC(=O)c1ccc(NCCCN)nc1. The van der Waals surface area contributed by atoms with E-state index >= 15 is 0 Å². The number of morpholine rings is 1. The highest BCUT2D eigenvalue weighted by molar-refractivity contribution is 6.07. The molecule has 10 nitrogen and oxygen atoms in total. The van der Waals surface area contributed by atoms with E-state index in [2.05, 4.69) is 30.8 Å². The molecule has 0 radical (unpaired) electrons. The normalized spacial score (nSPS) is 13.2. The number of ether oxygens (including phenoxy) is 1. The largest absolute Gasteiger partial charge is 0.378 e. The van der Waals surface area contributed by atoms with Crippen molar-refractivity contribution < 1.29 is 14.3 Å². The number of nitrogens with two attached hydrogens (primary N) is 1. The van der Waals surface area contributed by atoms with Gasteiger partial charge in [-0.05, 0) is 61.9 Å². The van der Waals surface area contributed by atoms with Crippen LogP contribution >= 0.6 is 0 Å². The number of hydrogen-bond donors (Lipinski definition) is 4. The molecule has 1 saturated heterocycles. The fraction of sp³-hybridized carbons (Fsp3) is 0.308. The Morgan fingerprint density at radius 3 is 2.56 bits per heavy atom. The van der Waals surface area contributed by atoms with Gasteiger partial charge in [-0.1, -0.05) is 6.07 Å². The molecule has 2 aromatic heterocycles. The van der Waals surface area contributed by atoms with E-state index in [4.69, 9.17) is 10.5 Å². The number of nitrogens with zero attached hydrogens (tertiary/aromatic N) is 3. The first-order valence-corrected chi connectivity index (χ1v) is 12.0. The van der Waals surface area contributed by atoms with Gasteiger partial charge in [0.25, 0.3) is 11.8 Å². The Bertz CT molecular complexity index is 1190. The first-order chi connectivity index (χ1) is 17.5. The molecule has 10 heteroatoms. The van der Waals surface area contributed by atoms with Gasteiger partial charge in [0.2, 0.25) is 0 Å². The van der Waals surface area contributed by atoms with Gasteiger partial charge in [-0.2, -0.15) is 0 Å². The Labute approximate surface area is 210 Å². The summed E-state index contributed by atoms with van der Waals surface area (Å²) in [4.78, 5) is 36.5. The zero-order chi connectivity index (χ0) is 25.3. The molecular weight excluding hydrogens is 458 g/mol. The predicted molar refractivity (Wildman–Crippen MR) is 141 cm³/mol. The van der Waals surface area contributed by atoms with E-state index in [-0.39, 0.29) is 11.8 Å². The van der Waals surface area contributed by atoms with Crippen LogP contribution in [0.15, 0.2) is 54.9 Å². The molecule has 1 aliphatic heterocycles. The second-order valence-electron chi connectivity index (χ2n) is 8.44. The predicted octanol–water partition coefficient (Wildman–Crippen LogP) is 2.89. The van der Waals surface area contributed by atoms with Gasteiger partial charge in [-0.3, -0.25) is 9.59 Å². The van der Waals surface area contributed by atoms with Gasteiger partial charge in [-0.15, -0.1) is 0 Å². The van der Waals surface area contributed by atoms with Crippen LogP contribution in [0.5, 0.6) is 0 Å². The molecule has 4 rings (SSSR count). The fourth-order valence-electron chi connectivity index (χ4n) is 3.71. The van der Waals surface area contributed by atoms with E-state index in [0.29, 0.717) is 48.1 Å². The summed E-state index contributed by atoms with van der Waals surface area (Å²) in [6.45, 7) is 5.97. The third-order valence-electron chi connectivity index (χ3n) is 5.80. The number of benzene rings is 1. The fourth-order valence-corrected chi connectivity index (χ4v) is 3.71. The molecular formula is C26H31N7O3. The molecule has 3 aromatic rings. The molecule has 0 unspecified atom stereocenters. The van der Waals surface area contributed by atoms with Gasteiger partial charge >= 0.3 is 0 Å². The van der Waals surface area contributed by atoms with Crippen LogP contribution in [0.3, 0.4) is 0 Å². The molecule has 0 saturated carbocycles. The van der Waals surface area contributed by atoms with E-state index in [0.717, 1.165) is 37.4 Å². The van der Waals surface area contributed by atoms with Crippen molar-refractivity contribution in [2.75, 3.05) is 60.2 Å². The molecule has 5 N–H and O–H groups in total. The third-order valence-corrected chi connectivity index (χ3v) is 5.80. The molecule has 0 aliphatic carbocycles. The van der Waals surface area contributed by atoms with Crippen molar-refractivity contribution in [3.8, 4) is 0 Å². The highest BCUT2D eigenvalue weighted by Crippen LogP contribution is 2.22. The van der Waals surface area contributed by atoms with E-state index in [1.54, 1.807) is 42.6 Å². The van der Waals surface area contributed by atoms with Gasteiger partial charge in [0.05, 0.1) is 18.8 Å². The lowest BCUT2D eigenvalue weighted by molar-refractivity contribution is 0.101. The summed E-state index contributed by atoms with van der Waals surface area (Å²) < 4.78 is 5.39. The number of aryl methyl sites for hydroxylation is 1. The molecule has 1 aliphatic rings. The van der Waals surface area contributed by atoms with Gasteiger partial charge in [0.15, 0.2) is 0 Å². The van der Waals surface area contributed by atoms with Crippen molar-refractivity contribution in [3.05, 3.63) is 71.5 Å². The molecule has 3 heterocycles. The van der Waals surface area contributed by atoms with Crippen LogP contribution < -0.4 is 26.6 Å². The van der Waals surface area contributed by atoms with E-state index < -0.39 is 0 Å². The lowest BCUT2D eigenvalue weighted by Gasteiger charge is -2.27. The maximum absolute atomic E-state index is 12.9. The zero-order valence-electron chi connectivity index (χ0n) is 20.3. The van der Waals surface area contributed by atoms with Gasteiger partial charge < -0.3 is 31.3 Å². The first-order valence-electron chi connectivity index (χ1n) is 12.0. The molecule has 2 amide bonds.